The Kier molecular flexibility index (Phi) is 5.17. The molecule has 0 saturated heterocycles. The predicted molar refractivity (Wildman–Crippen MR) is 107 cm³/mol. The van der Waals surface area contributed by atoms with Crippen LogP contribution in [0.25, 0.3) is 5.52 Å². The van der Waals surface area contributed by atoms with Crippen LogP contribution in [0.5, 0.6) is 0 Å². The summed E-state index contributed by atoms with van der Waals surface area (Å²) in [5, 5.41) is 13.1. The second-order valence-corrected chi connectivity index (χ2v) is 8.00. The van der Waals surface area contributed by atoms with Crippen LogP contribution in [-0.2, 0) is 12.3 Å². The number of amides is 1. The van der Waals surface area contributed by atoms with Crippen molar-refractivity contribution in [3.05, 3.63) is 76.0 Å². The highest BCUT2D eigenvalue weighted by atomic mass is 32.2. The highest BCUT2D eigenvalue weighted by Crippen LogP contribution is 2.24. The highest BCUT2D eigenvalue weighted by Gasteiger charge is 2.13. The van der Waals surface area contributed by atoms with Crippen molar-refractivity contribution in [2.24, 2.45) is 0 Å². The average Bonchev–Trinajstić information content (AvgIpc) is 3.33. The van der Waals surface area contributed by atoms with Crippen LogP contribution in [0, 0.1) is 6.92 Å². The van der Waals surface area contributed by atoms with Crippen LogP contribution in [0.3, 0.4) is 0 Å². The Morgan fingerprint density at radius 3 is 2.89 bits per heavy atom. The molecule has 27 heavy (non-hydrogen) atoms. The molecule has 1 amide bonds. The van der Waals surface area contributed by atoms with E-state index >= 15 is 0 Å². The number of aryl methyl sites for hydroxylation is 1. The zero-order valence-electron chi connectivity index (χ0n) is 14.6. The van der Waals surface area contributed by atoms with Crippen molar-refractivity contribution < 1.29 is 4.79 Å². The molecule has 4 aromatic rings. The zero-order chi connectivity index (χ0) is 18.6. The summed E-state index contributed by atoms with van der Waals surface area (Å²) in [4.78, 5) is 16.7. The third-order valence-corrected chi connectivity index (χ3v) is 6.05. The van der Waals surface area contributed by atoms with Gasteiger partial charge in [-0.15, -0.1) is 10.2 Å². The molecule has 0 radical (unpaired) electrons. The van der Waals surface area contributed by atoms with Gasteiger partial charge in [-0.1, -0.05) is 59.0 Å². The minimum Gasteiger partial charge on any atom is -0.346 e. The average molecular weight is 396 g/mol. The maximum absolute atomic E-state index is 12.3. The molecule has 0 fully saturated rings. The van der Waals surface area contributed by atoms with Gasteiger partial charge in [-0.3, -0.25) is 9.20 Å². The Morgan fingerprint density at radius 2 is 2.04 bits per heavy atom. The summed E-state index contributed by atoms with van der Waals surface area (Å²) in [5.74, 6) is 0.423. The van der Waals surface area contributed by atoms with Crippen LogP contribution in [0.4, 0.5) is 0 Å². The van der Waals surface area contributed by atoms with Crippen molar-refractivity contribution in [2.45, 2.75) is 24.4 Å². The Morgan fingerprint density at radius 1 is 1.19 bits per heavy atom. The van der Waals surface area contributed by atoms with Crippen molar-refractivity contribution in [3.63, 3.8) is 0 Å². The number of nitrogens with one attached hydrogen (secondary N) is 1. The number of hydrogen-bond acceptors (Lipinski definition) is 6. The van der Waals surface area contributed by atoms with Gasteiger partial charge in [-0.25, -0.2) is 4.98 Å². The molecule has 4 rings (SSSR count). The standard InChI is InChI=1S/C19H17N5OS2/c1-13-5-7-14(8-6-13)10-20-17(25)18-23-22-16(27-18)12-26-19-21-11-15-4-2-3-9-24(15)19/h2-9,11H,10,12H2,1H3,(H,20,25). The summed E-state index contributed by atoms with van der Waals surface area (Å²) in [6.45, 7) is 2.51. The molecule has 136 valence electrons. The molecule has 6 nitrogen and oxygen atoms in total. The van der Waals surface area contributed by atoms with Crippen LogP contribution in [0.2, 0.25) is 0 Å². The van der Waals surface area contributed by atoms with Crippen LogP contribution < -0.4 is 5.32 Å². The summed E-state index contributed by atoms with van der Waals surface area (Å²) in [6, 6.07) is 14.0. The van der Waals surface area contributed by atoms with E-state index in [1.54, 1.807) is 11.8 Å². The van der Waals surface area contributed by atoms with E-state index in [4.69, 9.17) is 0 Å². The molecule has 0 unspecified atom stereocenters. The van der Waals surface area contributed by atoms with Crippen LogP contribution in [-0.4, -0.2) is 25.5 Å². The van der Waals surface area contributed by atoms with Gasteiger partial charge in [0, 0.05) is 12.7 Å². The Labute approximate surface area is 164 Å². The van der Waals surface area contributed by atoms with E-state index in [-0.39, 0.29) is 5.91 Å². The largest absolute Gasteiger partial charge is 0.346 e. The Hall–Kier alpha value is -2.71. The van der Waals surface area contributed by atoms with Crippen LogP contribution in [0.1, 0.15) is 25.9 Å². The molecular formula is C19H17N5OS2. The molecule has 0 aliphatic rings. The maximum Gasteiger partial charge on any atom is 0.282 e. The van der Waals surface area contributed by atoms with E-state index in [2.05, 4.69) is 20.5 Å². The summed E-state index contributed by atoms with van der Waals surface area (Å²) in [7, 11) is 0. The van der Waals surface area contributed by atoms with Gasteiger partial charge in [-0.2, -0.15) is 0 Å². The first-order valence-corrected chi connectivity index (χ1v) is 10.2. The normalized spacial score (nSPS) is 11.0. The lowest BCUT2D eigenvalue weighted by Gasteiger charge is -2.03. The topological polar surface area (TPSA) is 72.2 Å². The second kappa shape index (κ2) is 7.89. The van der Waals surface area contributed by atoms with Crippen molar-refractivity contribution >= 4 is 34.5 Å². The van der Waals surface area contributed by atoms with E-state index in [1.807, 2.05) is 66.2 Å². The first-order chi connectivity index (χ1) is 13.2. The van der Waals surface area contributed by atoms with Crippen LogP contribution in [0.15, 0.2) is 60.0 Å². The van der Waals surface area contributed by atoms with Gasteiger partial charge in [0.25, 0.3) is 5.91 Å². The van der Waals surface area contributed by atoms with E-state index in [0.717, 1.165) is 21.2 Å². The first kappa shape index (κ1) is 17.7. The molecule has 0 spiro atoms. The molecule has 0 saturated carbocycles. The van der Waals surface area contributed by atoms with Gasteiger partial charge < -0.3 is 5.32 Å². The van der Waals surface area contributed by atoms with Crippen molar-refractivity contribution in [1.29, 1.82) is 0 Å². The van der Waals surface area contributed by atoms with Gasteiger partial charge in [0.1, 0.15) is 5.01 Å². The fourth-order valence-corrected chi connectivity index (χ4v) is 4.23. The number of pyridine rings is 1. The van der Waals surface area contributed by atoms with Crippen LogP contribution >= 0.6 is 23.1 Å². The quantitative estimate of drug-likeness (QED) is 0.504. The predicted octanol–water partition coefficient (Wildman–Crippen LogP) is 3.72. The molecule has 1 aromatic carbocycles. The molecule has 0 aliphatic carbocycles. The molecule has 3 heterocycles. The van der Waals surface area contributed by atoms with Gasteiger partial charge in [-0.05, 0) is 24.6 Å². The number of nitrogens with zero attached hydrogens (tertiary/aromatic N) is 4. The highest BCUT2D eigenvalue weighted by molar-refractivity contribution is 7.98. The lowest BCUT2D eigenvalue weighted by Crippen LogP contribution is -2.22. The zero-order valence-corrected chi connectivity index (χ0v) is 16.3. The fourth-order valence-electron chi connectivity index (χ4n) is 2.52. The fraction of sp³-hybridized carbons (Fsp3) is 0.158. The summed E-state index contributed by atoms with van der Waals surface area (Å²) in [5.41, 5.74) is 3.30. The number of benzene rings is 1. The van der Waals surface area contributed by atoms with Gasteiger partial charge in [0.2, 0.25) is 5.01 Å². The van der Waals surface area contributed by atoms with E-state index in [1.165, 1.54) is 16.9 Å². The van der Waals surface area contributed by atoms with Gasteiger partial charge in [0.15, 0.2) is 5.16 Å². The summed E-state index contributed by atoms with van der Waals surface area (Å²) < 4.78 is 2.03. The maximum atomic E-state index is 12.3. The first-order valence-electron chi connectivity index (χ1n) is 8.40. The molecular weight excluding hydrogens is 378 g/mol. The van der Waals surface area contributed by atoms with E-state index < -0.39 is 0 Å². The molecule has 1 N–H and O–H groups in total. The van der Waals surface area contributed by atoms with E-state index in [0.29, 0.717) is 17.3 Å². The number of imidazole rings is 1. The summed E-state index contributed by atoms with van der Waals surface area (Å²) >= 11 is 2.89. The SMILES string of the molecule is Cc1ccc(CNC(=O)c2nnc(CSc3ncc4ccccn34)s2)cc1. The monoisotopic (exact) mass is 395 g/mol. The van der Waals surface area contributed by atoms with Gasteiger partial charge in [0.05, 0.1) is 17.5 Å². The summed E-state index contributed by atoms with van der Waals surface area (Å²) in [6.07, 6.45) is 3.82. The molecule has 3 aromatic heterocycles. The van der Waals surface area contributed by atoms with E-state index in [9.17, 15) is 4.79 Å². The number of hydrogen-bond donors (Lipinski definition) is 1. The lowest BCUT2D eigenvalue weighted by atomic mass is 10.1. The van der Waals surface area contributed by atoms with Crippen molar-refractivity contribution in [3.8, 4) is 0 Å². The molecule has 0 bridgehead atoms. The Bertz CT molecular complexity index is 1070. The molecule has 0 aliphatic heterocycles. The second-order valence-electron chi connectivity index (χ2n) is 5.99. The minimum atomic E-state index is -0.199. The molecule has 8 heteroatoms. The van der Waals surface area contributed by atoms with Gasteiger partial charge >= 0.3 is 0 Å². The number of aromatic nitrogens is 4. The number of carbonyl (C=O) groups excluding carboxylic acids is 1. The van der Waals surface area contributed by atoms with Crippen molar-refractivity contribution in [1.82, 2.24) is 24.9 Å². The smallest absolute Gasteiger partial charge is 0.282 e. The third-order valence-electron chi connectivity index (χ3n) is 3.96. The van der Waals surface area contributed by atoms with Crippen molar-refractivity contribution in [2.75, 3.05) is 0 Å². The minimum absolute atomic E-state index is 0.199. The lowest BCUT2D eigenvalue weighted by molar-refractivity contribution is 0.0950. The number of fused-ring (bicyclic) bond motifs is 1. The number of carbonyl (C=O) groups is 1. The number of rotatable bonds is 6. The third kappa shape index (κ3) is 4.17. The number of thioether (sulfide) groups is 1. The molecule has 0 atom stereocenters. The Balaban J connectivity index is 1.35.